The molecule has 5 rings (SSSR count). The van der Waals surface area contributed by atoms with Crippen LogP contribution < -0.4 is 11.1 Å². The molecule has 1 unspecified atom stereocenters. The number of nitrogen functional groups attached to an aromatic ring is 1. The highest BCUT2D eigenvalue weighted by Crippen LogP contribution is 2.23. The monoisotopic (exact) mass is 556 g/mol. The SMILES string of the molecule is Nc1c(Cc2ccccc2)nc(-c2ccccc2)nc1C(=O)NC(Cc1nn[nH]n1)C(=O)N1CCN(C(=O)O)CC1. The quantitative estimate of drug-likeness (QED) is 0.243. The molecule has 1 fully saturated rings. The number of H-pyrrole nitrogens is 1. The molecule has 1 aliphatic heterocycles. The number of tetrazole rings is 1. The molecule has 4 aromatic rings. The molecule has 0 spiro atoms. The van der Waals surface area contributed by atoms with E-state index in [0.717, 1.165) is 5.56 Å². The van der Waals surface area contributed by atoms with Gasteiger partial charge >= 0.3 is 6.09 Å². The fourth-order valence-electron chi connectivity index (χ4n) is 4.55. The Bertz CT molecular complexity index is 1510. The van der Waals surface area contributed by atoms with Crippen LogP contribution in [0.1, 0.15) is 27.6 Å². The summed E-state index contributed by atoms with van der Waals surface area (Å²) in [5.41, 5.74) is 8.64. The second kappa shape index (κ2) is 12.2. The average Bonchev–Trinajstić information content (AvgIpc) is 3.51. The van der Waals surface area contributed by atoms with Gasteiger partial charge in [0, 0.05) is 44.6 Å². The third-order valence-corrected chi connectivity index (χ3v) is 6.73. The Labute approximate surface area is 234 Å². The molecule has 0 bridgehead atoms. The molecule has 14 heteroatoms. The standard InChI is InChI=1S/C27H28N10O4/c28-22-19(15-17-7-3-1-4-8-17)29-24(18-9-5-2-6-10-18)31-23(22)25(38)30-20(16-21-32-34-35-33-21)26(39)36-11-13-37(14-12-36)27(40)41/h1-10,20H,11-16,28H2,(H,30,38)(H,40,41)(H,32,33,34,35). The van der Waals surface area contributed by atoms with Crippen molar-refractivity contribution >= 4 is 23.6 Å². The lowest BCUT2D eigenvalue weighted by atomic mass is 10.1. The molecule has 2 aromatic carbocycles. The Morgan fingerprint density at radius 3 is 2.24 bits per heavy atom. The van der Waals surface area contributed by atoms with Gasteiger partial charge in [0.2, 0.25) is 5.91 Å². The van der Waals surface area contributed by atoms with Crippen LogP contribution in [-0.2, 0) is 17.6 Å². The number of aromatic nitrogens is 6. The maximum atomic E-state index is 13.7. The highest BCUT2D eigenvalue weighted by Gasteiger charge is 2.32. The number of nitrogens with two attached hydrogens (primary N) is 1. The molecule has 0 aliphatic carbocycles. The van der Waals surface area contributed by atoms with Crippen LogP contribution in [0.3, 0.4) is 0 Å². The van der Waals surface area contributed by atoms with E-state index in [-0.39, 0.29) is 49.8 Å². The molecule has 3 amide bonds. The molecule has 5 N–H and O–H groups in total. The van der Waals surface area contributed by atoms with Crippen LogP contribution in [0.5, 0.6) is 0 Å². The van der Waals surface area contributed by atoms with Gasteiger partial charge in [-0.1, -0.05) is 65.9 Å². The molecular formula is C27H28N10O4. The van der Waals surface area contributed by atoms with Crippen LogP contribution in [0.4, 0.5) is 10.5 Å². The van der Waals surface area contributed by atoms with E-state index < -0.39 is 23.9 Å². The summed E-state index contributed by atoms with van der Waals surface area (Å²) in [6.45, 7) is 0.676. The number of carbonyl (C=O) groups is 3. The summed E-state index contributed by atoms with van der Waals surface area (Å²) in [5, 5.41) is 25.7. The predicted octanol–water partition coefficient (Wildman–Crippen LogP) is 0.993. The number of hydrogen-bond donors (Lipinski definition) is 4. The first kappa shape index (κ1) is 27.2. The fraction of sp³-hybridized carbons (Fsp3) is 0.259. The topological polar surface area (TPSA) is 196 Å². The normalized spacial score (nSPS) is 14.0. The molecule has 41 heavy (non-hydrogen) atoms. The number of carboxylic acid groups (broad SMARTS) is 1. The van der Waals surface area contributed by atoms with Crippen LogP contribution in [0.2, 0.25) is 0 Å². The second-order valence-corrected chi connectivity index (χ2v) is 9.44. The third-order valence-electron chi connectivity index (χ3n) is 6.73. The minimum Gasteiger partial charge on any atom is -0.465 e. The van der Waals surface area contributed by atoms with Crippen molar-refractivity contribution in [2.24, 2.45) is 0 Å². The molecule has 14 nitrogen and oxygen atoms in total. The number of hydrogen-bond acceptors (Lipinski definition) is 9. The van der Waals surface area contributed by atoms with Crippen LogP contribution >= 0.6 is 0 Å². The van der Waals surface area contributed by atoms with Crippen molar-refractivity contribution < 1.29 is 19.5 Å². The molecular weight excluding hydrogens is 528 g/mol. The molecule has 0 saturated carbocycles. The Balaban J connectivity index is 1.45. The summed E-state index contributed by atoms with van der Waals surface area (Å²) in [7, 11) is 0. The number of nitrogens with one attached hydrogen (secondary N) is 2. The van der Waals surface area contributed by atoms with Crippen molar-refractivity contribution in [2.45, 2.75) is 18.9 Å². The van der Waals surface area contributed by atoms with E-state index in [1.807, 2.05) is 60.7 Å². The highest BCUT2D eigenvalue weighted by atomic mass is 16.4. The van der Waals surface area contributed by atoms with Crippen LogP contribution in [0, 0.1) is 0 Å². The number of anilines is 1. The minimum atomic E-state index is -1.08. The van der Waals surface area contributed by atoms with Crippen LogP contribution in [-0.4, -0.2) is 95.6 Å². The van der Waals surface area contributed by atoms with Gasteiger partial charge in [-0.2, -0.15) is 5.21 Å². The van der Waals surface area contributed by atoms with E-state index in [4.69, 9.17) is 5.73 Å². The van der Waals surface area contributed by atoms with E-state index in [9.17, 15) is 19.5 Å². The van der Waals surface area contributed by atoms with Gasteiger partial charge in [-0.25, -0.2) is 14.8 Å². The molecule has 3 heterocycles. The molecule has 0 radical (unpaired) electrons. The van der Waals surface area contributed by atoms with Crippen molar-refractivity contribution in [1.29, 1.82) is 0 Å². The lowest BCUT2D eigenvalue weighted by Gasteiger charge is -2.35. The van der Waals surface area contributed by atoms with Gasteiger partial charge < -0.3 is 26.0 Å². The number of piperazine rings is 1. The zero-order valence-corrected chi connectivity index (χ0v) is 22.0. The smallest absolute Gasteiger partial charge is 0.407 e. The summed E-state index contributed by atoms with van der Waals surface area (Å²) >= 11 is 0. The Kier molecular flexibility index (Phi) is 8.08. The van der Waals surface area contributed by atoms with Crippen LogP contribution in [0.25, 0.3) is 11.4 Å². The van der Waals surface area contributed by atoms with E-state index >= 15 is 0 Å². The van der Waals surface area contributed by atoms with E-state index in [2.05, 4.69) is 35.9 Å². The molecule has 1 saturated heterocycles. The van der Waals surface area contributed by atoms with Crippen molar-refractivity contribution in [1.82, 2.24) is 45.7 Å². The van der Waals surface area contributed by atoms with Gasteiger partial charge in [-0.15, -0.1) is 10.2 Å². The van der Waals surface area contributed by atoms with Crippen molar-refractivity contribution in [3.8, 4) is 11.4 Å². The first-order chi connectivity index (χ1) is 19.9. The number of aromatic amines is 1. The van der Waals surface area contributed by atoms with Crippen molar-refractivity contribution in [2.75, 3.05) is 31.9 Å². The summed E-state index contributed by atoms with van der Waals surface area (Å²) in [5.74, 6) is -0.532. The Hall–Kier alpha value is -5.40. The van der Waals surface area contributed by atoms with Gasteiger partial charge in [0.05, 0.1) is 11.4 Å². The van der Waals surface area contributed by atoms with Gasteiger partial charge in [0.25, 0.3) is 5.91 Å². The lowest BCUT2D eigenvalue weighted by Crippen LogP contribution is -2.56. The minimum absolute atomic E-state index is 0.0480. The van der Waals surface area contributed by atoms with Crippen molar-refractivity contribution in [3.63, 3.8) is 0 Å². The van der Waals surface area contributed by atoms with Crippen molar-refractivity contribution in [3.05, 3.63) is 83.4 Å². The lowest BCUT2D eigenvalue weighted by molar-refractivity contribution is -0.134. The molecule has 2 aromatic heterocycles. The first-order valence-corrected chi connectivity index (χ1v) is 12.9. The second-order valence-electron chi connectivity index (χ2n) is 9.44. The zero-order valence-electron chi connectivity index (χ0n) is 22.0. The maximum Gasteiger partial charge on any atom is 0.407 e. The van der Waals surface area contributed by atoms with Crippen LogP contribution in [0.15, 0.2) is 60.7 Å². The molecule has 1 atom stereocenters. The fourth-order valence-corrected chi connectivity index (χ4v) is 4.55. The van der Waals surface area contributed by atoms with E-state index in [1.165, 1.54) is 9.80 Å². The summed E-state index contributed by atoms with van der Waals surface area (Å²) in [6.07, 6.45) is -0.726. The van der Waals surface area contributed by atoms with Gasteiger partial charge in [0.15, 0.2) is 17.3 Å². The van der Waals surface area contributed by atoms with E-state index in [0.29, 0.717) is 23.5 Å². The average molecular weight is 557 g/mol. The number of nitrogens with zero attached hydrogens (tertiary/aromatic N) is 7. The number of carbonyl (C=O) groups excluding carboxylic acids is 2. The highest BCUT2D eigenvalue weighted by molar-refractivity contribution is 6.00. The van der Waals surface area contributed by atoms with Gasteiger partial charge in [0.1, 0.15) is 6.04 Å². The predicted molar refractivity (Wildman–Crippen MR) is 146 cm³/mol. The number of rotatable bonds is 8. The largest absolute Gasteiger partial charge is 0.465 e. The Morgan fingerprint density at radius 1 is 0.951 bits per heavy atom. The number of benzene rings is 2. The molecule has 210 valence electrons. The van der Waals surface area contributed by atoms with E-state index in [1.54, 1.807) is 0 Å². The summed E-state index contributed by atoms with van der Waals surface area (Å²) in [6, 6.07) is 17.7. The summed E-state index contributed by atoms with van der Waals surface area (Å²) < 4.78 is 0. The van der Waals surface area contributed by atoms with Gasteiger partial charge in [-0.05, 0) is 5.56 Å². The molecule has 1 aliphatic rings. The number of amides is 3. The maximum absolute atomic E-state index is 13.7. The first-order valence-electron chi connectivity index (χ1n) is 12.9. The Morgan fingerprint density at radius 2 is 1.61 bits per heavy atom. The summed E-state index contributed by atoms with van der Waals surface area (Å²) in [4.78, 5) is 50.5. The third kappa shape index (κ3) is 6.43. The van der Waals surface area contributed by atoms with Gasteiger partial charge in [-0.3, -0.25) is 9.59 Å². The zero-order chi connectivity index (χ0) is 28.8.